The zero-order chi connectivity index (χ0) is 17.2. The van der Waals surface area contributed by atoms with Crippen molar-refractivity contribution in [3.05, 3.63) is 71.3 Å². The average Bonchev–Trinajstić information content (AvgIpc) is 2.62. The van der Waals surface area contributed by atoms with Crippen LogP contribution in [0.15, 0.2) is 60.2 Å². The fraction of sp³-hybridized carbons (Fsp3) is 0.250. The van der Waals surface area contributed by atoms with Crippen LogP contribution in [-0.4, -0.2) is 32.7 Å². The van der Waals surface area contributed by atoms with Crippen molar-refractivity contribution in [3.8, 4) is 5.75 Å². The molecule has 0 aromatic heterocycles. The van der Waals surface area contributed by atoms with Gasteiger partial charge >= 0.3 is 0 Å². The molecule has 24 heavy (non-hydrogen) atoms. The van der Waals surface area contributed by atoms with Crippen molar-refractivity contribution < 1.29 is 9.53 Å². The maximum Gasteiger partial charge on any atom is 0.251 e. The van der Waals surface area contributed by atoms with Gasteiger partial charge in [0.15, 0.2) is 0 Å². The summed E-state index contributed by atoms with van der Waals surface area (Å²) < 4.78 is 5.08. The molecule has 1 amide bonds. The first kappa shape index (κ1) is 17.8. The zero-order valence-corrected chi connectivity index (χ0v) is 14.2. The lowest BCUT2D eigenvalue weighted by Gasteiger charge is -2.08. The molecule has 126 valence electrons. The normalized spacial score (nSPS) is 11.2. The highest BCUT2D eigenvalue weighted by Crippen LogP contribution is 2.10. The Hall–Kier alpha value is -2.59. The minimum Gasteiger partial charge on any atom is -0.497 e. The summed E-state index contributed by atoms with van der Waals surface area (Å²) in [6.07, 6.45) is 2.16. The maximum atomic E-state index is 12.0. The monoisotopic (exact) mass is 324 g/mol. The Morgan fingerprint density at radius 2 is 1.75 bits per heavy atom. The molecule has 0 fully saturated rings. The van der Waals surface area contributed by atoms with E-state index in [-0.39, 0.29) is 5.91 Å². The van der Waals surface area contributed by atoms with Crippen molar-refractivity contribution in [1.29, 1.82) is 0 Å². The average molecular weight is 324 g/mol. The van der Waals surface area contributed by atoms with Gasteiger partial charge in [0.05, 0.1) is 7.11 Å². The maximum absolute atomic E-state index is 12.0. The van der Waals surface area contributed by atoms with Gasteiger partial charge in [-0.1, -0.05) is 42.0 Å². The predicted octanol–water partition coefficient (Wildman–Crippen LogP) is 3.12. The molecule has 0 atom stereocenters. The summed E-state index contributed by atoms with van der Waals surface area (Å²) in [5.41, 5.74) is 3.09. The number of nitrogens with one attached hydrogen (secondary N) is 2. The Labute approximate surface area is 143 Å². The van der Waals surface area contributed by atoms with E-state index in [9.17, 15) is 4.79 Å². The van der Waals surface area contributed by atoms with Crippen molar-refractivity contribution in [2.24, 2.45) is 0 Å². The molecule has 2 rings (SSSR count). The number of amides is 1. The number of hydrogen-bond donors (Lipinski definition) is 2. The molecule has 0 aliphatic rings. The van der Waals surface area contributed by atoms with Gasteiger partial charge in [0.1, 0.15) is 5.75 Å². The van der Waals surface area contributed by atoms with Crippen LogP contribution >= 0.6 is 0 Å². The summed E-state index contributed by atoms with van der Waals surface area (Å²) in [7, 11) is 1.61. The van der Waals surface area contributed by atoms with Crippen LogP contribution in [0.2, 0.25) is 0 Å². The van der Waals surface area contributed by atoms with Gasteiger partial charge in [-0.25, -0.2) is 0 Å². The van der Waals surface area contributed by atoms with Gasteiger partial charge < -0.3 is 15.4 Å². The van der Waals surface area contributed by atoms with Gasteiger partial charge in [-0.15, -0.1) is 0 Å². The molecule has 4 nitrogen and oxygen atoms in total. The minimum absolute atomic E-state index is 0.0731. The fourth-order valence-corrected chi connectivity index (χ4v) is 2.28. The van der Waals surface area contributed by atoms with E-state index in [1.54, 1.807) is 31.4 Å². The van der Waals surface area contributed by atoms with Crippen LogP contribution in [0.4, 0.5) is 0 Å². The summed E-state index contributed by atoms with van der Waals surface area (Å²) in [6.45, 7) is 4.20. The lowest BCUT2D eigenvalue weighted by atomic mass is 10.1. The molecule has 0 spiro atoms. The summed E-state index contributed by atoms with van der Waals surface area (Å²) in [5, 5.41) is 6.23. The molecule has 0 unspecified atom stereocenters. The molecule has 2 N–H and O–H groups in total. The first-order valence-electron chi connectivity index (χ1n) is 8.04. The molecule has 0 heterocycles. The van der Waals surface area contributed by atoms with Gasteiger partial charge in [-0.3, -0.25) is 4.79 Å². The highest BCUT2D eigenvalue weighted by Gasteiger charge is 2.04. The molecule has 0 aliphatic heterocycles. The third-order valence-corrected chi connectivity index (χ3v) is 3.56. The molecule has 0 saturated heterocycles. The number of ether oxygens (including phenoxy) is 1. The summed E-state index contributed by atoms with van der Waals surface area (Å²) in [5.74, 6) is 0.671. The second-order valence-electron chi connectivity index (χ2n) is 5.56. The number of benzene rings is 2. The molecule has 0 aliphatic carbocycles. The predicted molar refractivity (Wildman–Crippen MR) is 98.3 cm³/mol. The molecule has 0 saturated carbocycles. The van der Waals surface area contributed by atoms with Crippen LogP contribution < -0.4 is 15.4 Å². The van der Waals surface area contributed by atoms with Crippen molar-refractivity contribution in [1.82, 2.24) is 10.6 Å². The first-order chi connectivity index (χ1) is 11.7. The Morgan fingerprint density at radius 3 is 2.42 bits per heavy atom. The highest BCUT2D eigenvalue weighted by molar-refractivity contribution is 5.94. The van der Waals surface area contributed by atoms with E-state index in [1.165, 1.54) is 11.1 Å². The second kappa shape index (κ2) is 9.53. The Balaban J connectivity index is 1.67. The Morgan fingerprint density at radius 1 is 1.04 bits per heavy atom. The molecule has 4 heteroatoms. The van der Waals surface area contributed by atoms with Gasteiger partial charge in [-0.2, -0.15) is 0 Å². The van der Waals surface area contributed by atoms with E-state index < -0.39 is 0 Å². The van der Waals surface area contributed by atoms with Crippen molar-refractivity contribution in [2.45, 2.75) is 6.92 Å². The van der Waals surface area contributed by atoms with Crippen LogP contribution in [0.3, 0.4) is 0 Å². The number of carbonyl (C=O) groups is 1. The van der Waals surface area contributed by atoms with Crippen molar-refractivity contribution >= 4 is 12.0 Å². The van der Waals surface area contributed by atoms with Crippen LogP contribution in [0.1, 0.15) is 22.8 Å². The van der Waals surface area contributed by atoms with E-state index in [4.69, 9.17) is 4.74 Å². The number of carbonyl (C=O) groups excluding carboxylic acids is 1. The molecule has 2 aromatic carbocycles. The lowest BCUT2D eigenvalue weighted by Crippen LogP contribution is -2.32. The van der Waals surface area contributed by atoms with Gasteiger partial charge in [0.2, 0.25) is 0 Å². The first-order valence-corrected chi connectivity index (χ1v) is 8.04. The Kier molecular flexibility index (Phi) is 7.05. The number of rotatable bonds is 8. The molecule has 2 aromatic rings. The number of methoxy groups -OCH3 is 1. The van der Waals surface area contributed by atoms with E-state index in [0.717, 1.165) is 18.8 Å². The van der Waals surface area contributed by atoms with Crippen LogP contribution in [-0.2, 0) is 0 Å². The summed E-state index contributed by atoms with van der Waals surface area (Å²) >= 11 is 0. The smallest absolute Gasteiger partial charge is 0.251 e. The third kappa shape index (κ3) is 5.89. The fourth-order valence-electron chi connectivity index (χ4n) is 2.28. The van der Waals surface area contributed by atoms with Crippen LogP contribution in [0.5, 0.6) is 5.75 Å². The second-order valence-corrected chi connectivity index (χ2v) is 5.56. The van der Waals surface area contributed by atoms with Gasteiger partial charge in [-0.05, 0) is 36.8 Å². The third-order valence-electron chi connectivity index (χ3n) is 3.56. The lowest BCUT2D eigenvalue weighted by molar-refractivity contribution is 0.0954. The number of hydrogen-bond acceptors (Lipinski definition) is 3. The van der Waals surface area contributed by atoms with Gasteiger partial charge in [0.25, 0.3) is 5.91 Å². The standard InChI is InChI=1S/C20H24N2O2/c1-16(14-17-6-4-3-5-7-17)15-21-12-13-22-20(23)18-8-10-19(24-2)11-9-18/h3-11,14,21H,12-13,15H2,1-2H3,(H,22,23)/b16-14+. The minimum atomic E-state index is -0.0731. The largest absolute Gasteiger partial charge is 0.497 e. The zero-order valence-electron chi connectivity index (χ0n) is 14.2. The molecular weight excluding hydrogens is 300 g/mol. The van der Waals surface area contributed by atoms with E-state index in [0.29, 0.717) is 12.1 Å². The van der Waals surface area contributed by atoms with Crippen molar-refractivity contribution in [3.63, 3.8) is 0 Å². The van der Waals surface area contributed by atoms with E-state index in [1.807, 2.05) is 18.2 Å². The highest BCUT2D eigenvalue weighted by atomic mass is 16.5. The van der Waals surface area contributed by atoms with Crippen molar-refractivity contribution in [2.75, 3.05) is 26.7 Å². The van der Waals surface area contributed by atoms with E-state index >= 15 is 0 Å². The SMILES string of the molecule is COc1ccc(C(=O)NCCNC/C(C)=C/c2ccccc2)cc1. The van der Waals surface area contributed by atoms with E-state index in [2.05, 4.69) is 35.8 Å². The topological polar surface area (TPSA) is 50.4 Å². The molecular formula is C20H24N2O2. The Bertz CT molecular complexity index is 664. The quantitative estimate of drug-likeness (QED) is 0.734. The van der Waals surface area contributed by atoms with Gasteiger partial charge in [0, 0.05) is 25.2 Å². The molecule has 0 radical (unpaired) electrons. The van der Waals surface area contributed by atoms with Crippen LogP contribution in [0, 0.1) is 0 Å². The summed E-state index contributed by atoms with van der Waals surface area (Å²) in [4.78, 5) is 12.0. The summed E-state index contributed by atoms with van der Waals surface area (Å²) in [6, 6.07) is 17.3. The molecule has 0 bridgehead atoms. The van der Waals surface area contributed by atoms with Crippen LogP contribution in [0.25, 0.3) is 6.08 Å².